The van der Waals surface area contributed by atoms with E-state index in [9.17, 15) is 13.2 Å². The van der Waals surface area contributed by atoms with E-state index in [1.165, 1.54) is 6.92 Å². The summed E-state index contributed by atoms with van der Waals surface area (Å²) in [5.74, 6) is -0.716. The fourth-order valence-corrected chi connectivity index (χ4v) is 6.45. The average Bonchev–Trinajstić information content (AvgIpc) is 3.10. The Hall–Kier alpha value is -2.27. The van der Waals surface area contributed by atoms with Crippen molar-refractivity contribution in [2.45, 2.75) is 88.7 Å². The Balaban J connectivity index is 1.67. The lowest BCUT2D eigenvalue weighted by Gasteiger charge is -2.48. The van der Waals surface area contributed by atoms with Crippen LogP contribution >= 0.6 is 11.6 Å². The molecule has 0 unspecified atom stereocenters. The maximum Gasteiger partial charge on any atom is 0.410 e. The van der Waals surface area contributed by atoms with Gasteiger partial charge in [0.05, 0.1) is 35.0 Å². The summed E-state index contributed by atoms with van der Waals surface area (Å²) >= 11 is 6.08. The molecule has 5 rings (SSSR count). The number of ether oxygens (including phenoxy) is 1. The predicted molar refractivity (Wildman–Crippen MR) is 129 cm³/mol. The van der Waals surface area contributed by atoms with E-state index in [0.29, 0.717) is 29.9 Å². The molecule has 3 atom stereocenters. The number of fused-ring (bicyclic) bond motifs is 5. The maximum absolute atomic E-state index is 15.2. The van der Waals surface area contributed by atoms with E-state index < -0.39 is 26.4 Å². The molecule has 190 valence electrons. The van der Waals surface area contributed by atoms with Crippen LogP contribution in [0.5, 0.6) is 0 Å². The van der Waals surface area contributed by atoms with Gasteiger partial charge in [-0.15, -0.1) is 0 Å². The molecule has 0 N–H and O–H groups in total. The molecule has 3 aliphatic rings. The summed E-state index contributed by atoms with van der Waals surface area (Å²) in [4.78, 5) is 29.9. The molecule has 5 heterocycles. The molecule has 35 heavy (non-hydrogen) atoms. The van der Waals surface area contributed by atoms with Gasteiger partial charge >= 0.3 is 6.09 Å². The summed E-state index contributed by atoms with van der Waals surface area (Å²) in [6.07, 6.45) is 3.25. The minimum atomic E-state index is -3.82. The van der Waals surface area contributed by atoms with E-state index in [4.69, 9.17) is 16.3 Å². The Bertz CT molecular complexity index is 1320. The van der Waals surface area contributed by atoms with Crippen LogP contribution < -0.4 is 4.90 Å². The zero-order valence-electron chi connectivity index (χ0n) is 20.2. The first-order valence-electron chi connectivity index (χ1n) is 12.0. The second-order valence-corrected chi connectivity index (χ2v) is 12.9. The van der Waals surface area contributed by atoms with Gasteiger partial charge in [0.15, 0.2) is 11.0 Å². The lowest BCUT2D eigenvalue weighted by Crippen LogP contribution is -2.62. The molecule has 2 fully saturated rings. The number of carbonyl (C=O) groups excluding carboxylic acids is 1. The fraction of sp³-hybridized carbons (Fsp3) is 0.652. The van der Waals surface area contributed by atoms with Crippen molar-refractivity contribution < 1.29 is 22.3 Å². The van der Waals surface area contributed by atoms with Crippen molar-refractivity contribution in [2.24, 2.45) is 0 Å². The molecule has 0 saturated carbocycles. The molecule has 0 spiro atoms. The van der Waals surface area contributed by atoms with Crippen LogP contribution in [0, 0.1) is 5.82 Å². The van der Waals surface area contributed by atoms with Crippen molar-refractivity contribution >= 4 is 44.3 Å². The molecule has 12 heteroatoms. The minimum absolute atomic E-state index is 0.119. The Labute approximate surface area is 208 Å². The third kappa shape index (κ3) is 4.10. The summed E-state index contributed by atoms with van der Waals surface area (Å²) in [5.41, 5.74) is -0.181. The lowest BCUT2D eigenvalue weighted by molar-refractivity contribution is 0.00701. The SMILES string of the molecule is CCS(=O)(=O)c1nc2c3c(nc(Cl)c(F)c3n1)CCC[C@@H]1[C@@H]3CC[C@H](CN21)N3C(=O)OC(C)(C)C. The largest absolute Gasteiger partial charge is 0.444 e. The third-order valence-corrected chi connectivity index (χ3v) is 8.78. The first-order valence-corrected chi connectivity index (χ1v) is 14.0. The highest BCUT2D eigenvalue weighted by Gasteiger charge is 2.50. The summed E-state index contributed by atoms with van der Waals surface area (Å²) < 4.78 is 46.4. The number of carbonyl (C=O) groups is 1. The van der Waals surface area contributed by atoms with Gasteiger partial charge in [-0.1, -0.05) is 18.5 Å². The van der Waals surface area contributed by atoms with Crippen molar-refractivity contribution in [3.05, 3.63) is 16.7 Å². The van der Waals surface area contributed by atoms with Gasteiger partial charge in [-0.2, -0.15) is 0 Å². The molecule has 2 saturated heterocycles. The van der Waals surface area contributed by atoms with Crippen molar-refractivity contribution in [1.82, 2.24) is 19.9 Å². The Morgan fingerprint density at radius 3 is 2.60 bits per heavy atom. The highest BCUT2D eigenvalue weighted by Crippen LogP contribution is 2.43. The zero-order chi connectivity index (χ0) is 25.3. The van der Waals surface area contributed by atoms with Crippen LogP contribution in [0.25, 0.3) is 10.9 Å². The van der Waals surface area contributed by atoms with Gasteiger partial charge in [-0.05, 0) is 52.9 Å². The van der Waals surface area contributed by atoms with E-state index in [-0.39, 0.29) is 40.6 Å². The second-order valence-electron chi connectivity index (χ2n) is 10.4. The summed E-state index contributed by atoms with van der Waals surface area (Å²) in [7, 11) is -3.82. The molecule has 2 bridgehead atoms. The number of halogens is 2. The molecule has 0 aromatic carbocycles. The van der Waals surface area contributed by atoms with Gasteiger partial charge < -0.3 is 9.64 Å². The predicted octanol–water partition coefficient (Wildman–Crippen LogP) is 3.90. The molecular formula is C23H29ClFN5O4S. The van der Waals surface area contributed by atoms with Crippen molar-refractivity contribution in [1.29, 1.82) is 0 Å². The van der Waals surface area contributed by atoms with E-state index in [1.807, 2.05) is 30.6 Å². The third-order valence-electron chi connectivity index (χ3n) is 7.03. The molecular weight excluding hydrogens is 497 g/mol. The number of nitrogens with zero attached hydrogens (tertiary/aromatic N) is 5. The van der Waals surface area contributed by atoms with Crippen LogP contribution in [0.2, 0.25) is 5.15 Å². The number of hydrogen-bond donors (Lipinski definition) is 0. The lowest BCUT2D eigenvalue weighted by atomic mass is 9.93. The minimum Gasteiger partial charge on any atom is -0.444 e. The number of pyridine rings is 1. The molecule has 0 radical (unpaired) electrons. The smallest absolute Gasteiger partial charge is 0.410 e. The highest BCUT2D eigenvalue weighted by atomic mass is 35.5. The number of piperazine rings is 1. The van der Waals surface area contributed by atoms with Gasteiger partial charge in [0, 0.05) is 6.54 Å². The Morgan fingerprint density at radius 2 is 1.91 bits per heavy atom. The zero-order valence-corrected chi connectivity index (χ0v) is 21.8. The molecule has 3 aliphatic heterocycles. The quantitative estimate of drug-likeness (QED) is 0.429. The van der Waals surface area contributed by atoms with Crippen LogP contribution in [-0.2, 0) is 21.0 Å². The summed E-state index contributed by atoms with van der Waals surface area (Å²) in [5, 5.41) is -0.350. The van der Waals surface area contributed by atoms with Gasteiger partial charge in [-0.3, -0.25) is 4.90 Å². The van der Waals surface area contributed by atoms with Crippen LogP contribution in [0.3, 0.4) is 0 Å². The summed E-state index contributed by atoms with van der Waals surface area (Å²) in [6.45, 7) is 7.46. The number of anilines is 1. The van der Waals surface area contributed by atoms with Crippen LogP contribution in [-0.4, -0.2) is 70.4 Å². The van der Waals surface area contributed by atoms with Gasteiger partial charge in [-0.25, -0.2) is 32.6 Å². The number of sulfone groups is 1. The molecule has 2 aromatic rings. The highest BCUT2D eigenvalue weighted by molar-refractivity contribution is 7.91. The average molecular weight is 526 g/mol. The van der Waals surface area contributed by atoms with Crippen LogP contribution in [0.1, 0.15) is 59.1 Å². The summed E-state index contributed by atoms with van der Waals surface area (Å²) in [6, 6.07) is -0.370. The van der Waals surface area contributed by atoms with Gasteiger partial charge in [0.2, 0.25) is 15.0 Å². The Morgan fingerprint density at radius 1 is 1.17 bits per heavy atom. The van der Waals surface area contributed by atoms with Crippen LogP contribution in [0.4, 0.5) is 15.0 Å². The number of amides is 1. The number of hydrogen-bond acceptors (Lipinski definition) is 8. The molecule has 9 nitrogen and oxygen atoms in total. The van der Waals surface area contributed by atoms with Crippen molar-refractivity contribution in [2.75, 3.05) is 17.2 Å². The standard InChI is InChI=1S/C23H29ClFN5O4S/c1-5-35(32,33)21-27-18-16-13(26-19(24)17(18)25)7-6-8-14-15-10-9-12(11-29(14)20(16)28-21)30(15)22(31)34-23(2,3)4/h12,14-15H,5-11H2,1-4H3/t12-,14-,15+/m1/s1. The van der Waals surface area contributed by atoms with Crippen LogP contribution in [0.15, 0.2) is 5.16 Å². The van der Waals surface area contributed by atoms with Gasteiger partial charge in [0.1, 0.15) is 16.9 Å². The molecule has 2 aromatic heterocycles. The van der Waals surface area contributed by atoms with E-state index in [0.717, 1.165) is 25.7 Å². The van der Waals surface area contributed by atoms with Crippen molar-refractivity contribution in [3.8, 4) is 0 Å². The van der Waals surface area contributed by atoms with Crippen molar-refractivity contribution in [3.63, 3.8) is 0 Å². The monoisotopic (exact) mass is 525 g/mol. The fourth-order valence-electron chi connectivity index (χ4n) is 5.54. The van der Waals surface area contributed by atoms with E-state index in [1.54, 1.807) is 0 Å². The van der Waals surface area contributed by atoms with E-state index >= 15 is 4.39 Å². The topological polar surface area (TPSA) is 106 Å². The first-order chi connectivity index (χ1) is 16.4. The maximum atomic E-state index is 15.2. The second kappa shape index (κ2) is 8.40. The molecule has 0 aliphatic carbocycles. The first kappa shape index (κ1) is 24.4. The number of rotatable bonds is 2. The Kier molecular flexibility index (Phi) is 5.86. The van der Waals surface area contributed by atoms with E-state index in [2.05, 4.69) is 15.0 Å². The number of aromatic nitrogens is 3. The van der Waals surface area contributed by atoms with Gasteiger partial charge in [0.25, 0.3) is 0 Å². The normalized spacial score (nSPS) is 24.2. The molecule has 1 amide bonds. The number of aryl methyl sites for hydroxylation is 1.